The molecule has 0 aromatic carbocycles. The molecule has 0 heterocycles. The van der Waals surface area contributed by atoms with Crippen LogP contribution in [0.3, 0.4) is 0 Å². The summed E-state index contributed by atoms with van der Waals surface area (Å²) in [4.78, 5) is 0. The van der Waals surface area contributed by atoms with Gasteiger partial charge in [0.25, 0.3) is 0 Å². The van der Waals surface area contributed by atoms with Gasteiger partial charge in [0.05, 0.1) is 5.25 Å². The number of sulfonamides is 1. The number of hydrogen-bond donors (Lipinski definition) is 1. The Hall–Kier alpha value is -0.130. The average Bonchev–Trinajstić information content (AvgIpc) is 2.96. The van der Waals surface area contributed by atoms with E-state index in [1.165, 1.54) is 0 Å². The zero-order chi connectivity index (χ0) is 10.8. The van der Waals surface area contributed by atoms with Crippen molar-refractivity contribution in [2.45, 2.75) is 31.9 Å². The highest BCUT2D eigenvalue weighted by Gasteiger charge is 2.39. The third kappa shape index (κ3) is 2.68. The SMILES string of the molecule is CCN(CC(C)CN)S(=O)(=O)C1CC1. The lowest BCUT2D eigenvalue weighted by atomic mass is 10.2. The molecule has 1 aliphatic rings. The first-order valence-electron chi connectivity index (χ1n) is 5.21. The van der Waals surface area contributed by atoms with Crippen LogP contribution in [0.4, 0.5) is 0 Å². The van der Waals surface area contributed by atoms with E-state index in [4.69, 9.17) is 5.73 Å². The molecule has 0 saturated heterocycles. The van der Waals surface area contributed by atoms with E-state index < -0.39 is 10.0 Å². The standard InChI is InChI=1S/C9H20N2O2S/c1-3-11(7-8(2)6-10)14(12,13)9-4-5-9/h8-9H,3-7,10H2,1-2H3. The molecule has 14 heavy (non-hydrogen) atoms. The Balaban J connectivity index is 2.61. The molecule has 1 saturated carbocycles. The van der Waals surface area contributed by atoms with Crippen LogP contribution in [0, 0.1) is 5.92 Å². The van der Waals surface area contributed by atoms with Gasteiger partial charge in [0.1, 0.15) is 0 Å². The number of nitrogens with zero attached hydrogens (tertiary/aromatic N) is 1. The van der Waals surface area contributed by atoms with Crippen molar-refractivity contribution in [3.8, 4) is 0 Å². The van der Waals surface area contributed by atoms with Crippen molar-refractivity contribution in [3.63, 3.8) is 0 Å². The Morgan fingerprint density at radius 2 is 2.07 bits per heavy atom. The highest BCUT2D eigenvalue weighted by atomic mass is 32.2. The normalized spacial score (nSPS) is 20.0. The van der Waals surface area contributed by atoms with Crippen LogP contribution in [0.2, 0.25) is 0 Å². The summed E-state index contributed by atoms with van der Waals surface area (Å²) < 4.78 is 25.3. The van der Waals surface area contributed by atoms with Gasteiger partial charge in [0.15, 0.2) is 0 Å². The van der Waals surface area contributed by atoms with Crippen LogP contribution in [-0.4, -0.2) is 37.6 Å². The Morgan fingerprint density at radius 3 is 2.43 bits per heavy atom. The highest BCUT2D eigenvalue weighted by Crippen LogP contribution is 2.31. The van der Waals surface area contributed by atoms with Crippen molar-refractivity contribution in [2.24, 2.45) is 11.7 Å². The molecule has 1 rings (SSSR count). The first kappa shape index (κ1) is 11.9. The van der Waals surface area contributed by atoms with Gasteiger partial charge in [-0.05, 0) is 25.3 Å². The minimum absolute atomic E-state index is 0.104. The summed E-state index contributed by atoms with van der Waals surface area (Å²) in [5.74, 6) is 0.239. The van der Waals surface area contributed by atoms with Gasteiger partial charge in [-0.15, -0.1) is 0 Å². The first-order chi connectivity index (χ1) is 6.52. The summed E-state index contributed by atoms with van der Waals surface area (Å²) in [6.45, 7) is 5.51. The Kier molecular flexibility index (Phi) is 3.92. The molecule has 0 amide bonds. The molecule has 0 aromatic heterocycles. The van der Waals surface area contributed by atoms with Crippen LogP contribution in [0.5, 0.6) is 0 Å². The second-order valence-electron chi connectivity index (χ2n) is 4.04. The van der Waals surface area contributed by atoms with E-state index >= 15 is 0 Å². The summed E-state index contributed by atoms with van der Waals surface area (Å²) in [5.41, 5.74) is 5.49. The van der Waals surface area contributed by atoms with E-state index in [1.807, 2.05) is 13.8 Å². The first-order valence-corrected chi connectivity index (χ1v) is 6.71. The molecule has 0 spiro atoms. The molecule has 5 heteroatoms. The molecule has 1 unspecified atom stereocenters. The lowest BCUT2D eigenvalue weighted by Gasteiger charge is -2.23. The Labute approximate surface area is 86.5 Å². The van der Waals surface area contributed by atoms with Gasteiger partial charge in [-0.1, -0.05) is 13.8 Å². The summed E-state index contributed by atoms with van der Waals surface area (Å²) >= 11 is 0. The topological polar surface area (TPSA) is 63.4 Å². The number of rotatable bonds is 6. The molecule has 0 radical (unpaired) electrons. The van der Waals surface area contributed by atoms with Crippen LogP contribution in [-0.2, 0) is 10.0 Å². The minimum Gasteiger partial charge on any atom is -0.330 e. The van der Waals surface area contributed by atoms with Gasteiger partial charge in [-0.25, -0.2) is 12.7 Å². The van der Waals surface area contributed by atoms with Crippen molar-refractivity contribution >= 4 is 10.0 Å². The Bertz CT molecular complexity index is 273. The number of hydrogen-bond acceptors (Lipinski definition) is 3. The van der Waals surface area contributed by atoms with Crippen LogP contribution in [0.1, 0.15) is 26.7 Å². The van der Waals surface area contributed by atoms with E-state index in [1.54, 1.807) is 4.31 Å². The average molecular weight is 220 g/mol. The predicted molar refractivity (Wildman–Crippen MR) is 57.4 cm³/mol. The van der Waals surface area contributed by atoms with Crippen molar-refractivity contribution in [2.75, 3.05) is 19.6 Å². The molecule has 1 atom stereocenters. The zero-order valence-corrected chi connectivity index (χ0v) is 9.76. The second kappa shape index (κ2) is 4.59. The summed E-state index contributed by atoms with van der Waals surface area (Å²) in [6, 6.07) is 0. The fourth-order valence-electron chi connectivity index (χ4n) is 1.41. The molecular weight excluding hydrogens is 200 g/mol. The third-order valence-corrected chi connectivity index (χ3v) is 5.02. The van der Waals surface area contributed by atoms with E-state index in [-0.39, 0.29) is 11.2 Å². The van der Waals surface area contributed by atoms with Crippen LogP contribution in [0.15, 0.2) is 0 Å². The predicted octanol–water partition coefficient (Wildman–Crippen LogP) is 0.395. The third-order valence-electron chi connectivity index (χ3n) is 2.58. The van der Waals surface area contributed by atoms with Crippen molar-refractivity contribution in [1.29, 1.82) is 0 Å². The monoisotopic (exact) mass is 220 g/mol. The lowest BCUT2D eigenvalue weighted by Crippen LogP contribution is -2.38. The molecule has 1 fully saturated rings. The second-order valence-corrected chi connectivity index (χ2v) is 6.25. The van der Waals surface area contributed by atoms with E-state index in [0.29, 0.717) is 19.6 Å². The zero-order valence-electron chi connectivity index (χ0n) is 8.94. The number of nitrogens with two attached hydrogens (primary N) is 1. The van der Waals surface area contributed by atoms with E-state index in [9.17, 15) is 8.42 Å². The van der Waals surface area contributed by atoms with Crippen molar-refractivity contribution < 1.29 is 8.42 Å². The molecule has 84 valence electrons. The van der Waals surface area contributed by atoms with Gasteiger partial charge in [0, 0.05) is 13.1 Å². The van der Waals surface area contributed by atoms with Crippen LogP contribution >= 0.6 is 0 Å². The van der Waals surface area contributed by atoms with Crippen LogP contribution in [0.25, 0.3) is 0 Å². The molecule has 0 bridgehead atoms. The fourth-order valence-corrected chi connectivity index (χ4v) is 3.39. The van der Waals surface area contributed by atoms with E-state index in [2.05, 4.69) is 0 Å². The smallest absolute Gasteiger partial charge is 0.216 e. The van der Waals surface area contributed by atoms with Crippen molar-refractivity contribution in [1.82, 2.24) is 4.31 Å². The van der Waals surface area contributed by atoms with Gasteiger partial charge in [-0.3, -0.25) is 0 Å². The maximum atomic E-state index is 11.9. The summed E-state index contributed by atoms with van der Waals surface area (Å²) in [7, 11) is -3.01. The maximum Gasteiger partial charge on any atom is 0.216 e. The molecule has 0 aliphatic heterocycles. The fraction of sp³-hybridized carbons (Fsp3) is 1.00. The highest BCUT2D eigenvalue weighted by molar-refractivity contribution is 7.90. The Morgan fingerprint density at radius 1 is 1.50 bits per heavy atom. The summed E-state index contributed by atoms with van der Waals surface area (Å²) in [6.07, 6.45) is 1.66. The van der Waals surface area contributed by atoms with Crippen LogP contribution < -0.4 is 5.73 Å². The van der Waals surface area contributed by atoms with Gasteiger partial charge < -0.3 is 5.73 Å². The quantitative estimate of drug-likeness (QED) is 0.704. The van der Waals surface area contributed by atoms with E-state index in [0.717, 1.165) is 12.8 Å². The van der Waals surface area contributed by atoms with Gasteiger partial charge in [0.2, 0.25) is 10.0 Å². The molecule has 1 aliphatic carbocycles. The maximum absolute atomic E-state index is 11.9. The van der Waals surface area contributed by atoms with Crippen molar-refractivity contribution in [3.05, 3.63) is 0 Å². The largest absolute Gasteiger partial charge is 0.330 e. The van der Waals surface area contributed by atoms with Gasteiger partial charge in [-0.2, -0.15) is 0 Å². The molecule has 0 aromatic rings. The molecular formula is C9H20N2O2S. The lowest BCUT2D eigenvalue weighted by molar-refractivity contribution is 0.370. The molecule has 2 N–H and O–H groups in total. The van der Waals surface area contributed by atoms with Gasteiger partial charge >= 0.3 is 0 Å². The summed E-state index contributed by atoms with van der Waals surface area (Å²) in [5, 5.41) is -0.104. The minimum atomic E-state index is -3.01. The molecule has 4 nitrogen and oxygen atoms in total.